The highest BCUT2D eigenvalue weighted by molar-refractivity contribution is 6.36. The van der Waals surface area contributed by atoms with Gasteiger partial charge in [-0.05, 0) is 36.2 Å². The standard InChI is InChI=1S/C27H23ClN6O/c1-16-18(5-4-8-21(16)33-26-25-23(11-12-32-26)30-13-14-31-25)19-6-3-7-20(24(19)28)22-10-9-17(15-29)27(34-22)35-2/h3-14H,15,29H2,1-2H3,(H,32,33). The van der Waals surface area contributed by atoms with Gasteiger partial charge in [-0.2, -0.15) is 0 Å². The second kappa shape index (κ2) is 9.66. The number of fused-ring (bicyclic) bond motifs is 1. The predicted octanol–water partition coefficient (Wildman–Crippen LogP) is 5.93. The Balaban J connectivity index is 1.56. The normalized spacial score (nSPS) is 11.0. The third-order valence-corrected chi connectivity index (χ3v) is 6.30. The predicted molar refractivity (Wildman–Crippen MR) is 140 cm³/mol. The number of ether oxygens (including phenoxy) is 1. The number of aromatic nitrogens is 4. The van der Waals surface area contributed by atoms with Crippen molar-refractivity contribution in [3.63, 3.8) is 0 Å². The second-order valence-corrected chi connectivity index (χ2v) is 8.30. The number of methoxy groups -OCH3 is 1. The molecule has 3 aromatic heterocycles. The summed E-state index contributed by atoms with van der Waals surface area (Å²) in [5.41, 5.74) is 13.5. The van der Waals surface area contributed by atoms with Crippen LogP contribution in [-0.2, 0) is 6.54 Å². The van der Waals surface area contributed by atoms with E-state index in [-0.39, 0.29) is 0 Å². The van der Waals surface area contributed by atoms with Crippen LogP contribution >= 0.6 is 11.6 Å². The van der Waals surface area contributed by atoms with Gasteiger partial charge in [0, 0.05) is 47.5 Å². The molecule has 3 heterocycles. The highest BCUT2D eigenvalue weighted by Gasteiger charge is 2.16. The molecule has 0 bridgehead atoms. The Labute approximate surface area is 208 Å². The maximum atomic E-state index is 6.95. The molecule has 5 aromatic rings. The molecule has 0 saturated carbocycles. The van der Waals surface area contributed by atoms with Crippen molar-refractivity contribution in [3.05, 3.63) is 89.3 Å². The summed E-state index contributed by atoms with van der Waals surface area (Å²) in [5, 5.41) is 4.03. The quantitative estimate of drug-likeness (QED) is 0.309. The summed E-state index contributed by atoms with van der Waals surface area (Å²) in [6, 6.07) is 17.6. The van der Waals surface area contributed by atoms with Crippen LogP contribution in [-0.4, -0.2) is 27.0 Å². The molecule has 0 fully saturated rings. The lowest BCUT2D eigenvalue weighted by molar-refractivity contribution is 0.393. The Morgan fingerprint density at radius 1 is 0.886 bits per heavy atom. The Bertz CT molecular complexity index is 1530. The van der Waals surface area contributed by atoms with E-state index in [0.717, 1.165) is 44.7 Å². The molecule has 0 aliphatic rings. The molecule has 0 saturated heterocycles. The average Bonchev–Trinajstić information content (AvgIpc) is 2.90. The third kappa shape index (κ3) is 4.27. The van der Waals surface area contributed by atoms with Gasteiger partial charge >= 0.3 is 0 Å². The van der Waals surface area contributed by atoms with Crippen molar-refractivity contribution in [2.75, 3.05) is 12.4 Å². The average molecular weight is 483 g/mol. The van der Waals surface area contributed by atoms with Crippen molar-refractivity contribution in [1.29, 1.82) is 0 Å². The number of nitrogens with two attached hydrogens (primary N) is 1. The van der Waals surface area contributed by atoms with Gasteiger partial charge in [-0.1, -0.05) is 48.0 Å². The molecule has 0 spiro atoms. The first-order valence-electron chi connectivity index (χ1n) is 11.1. The summed E-state index contributed by atoms with van der Waals surface area (Å²) < 4.78 is 5.42. The van der Waals surface area contributed by atoms with Gasteiger partial charge < -0.3 is 15.8 Å². The molecule has 7 nitrogen and oxygen atoms in total. The highest BCUT2D eigenvalue weighted by Crippen LogP contribution is 2.39. The molecule has 5 rings (SSSR count). The number of benzene rings is 2. The van der Waals surface area contributed by atoms with Crippen LogP contribution in [0.1, 0.15) is 11.1 Å². The SMILES string of the molecule is COc1nc(-c2cccc(-c3cccc(Nc4nccc5nccnc45)c3C)c2Cl)ccc1CN. The van der Waals surface area contributed by atoms with Crippen LogP contribution in [0.4, 0.5) is 11.5 Å². The smallest absolute Gasteiger partial charge is 0.218 e. The number of halogens is 1. The van der Waals surface area contributed by atoms with Crippen LogP contribution in [0.3, 0.4) is 0 Å². The fourth-order valence-electron chi connectivity index (χ4n) is 4.07. The first kappa shape index (κ1) is 22.7. The highest BCUT2D eigenvalue weighted by atomic mass is 35.5. The molecule has 0 aliphatic carbocycles. The van der Waals surface area contributed by atoms with E-state index in [1.165, 1.54) is 0 Å². The van der Waals surface area contributed by atoms with Gasteiger partial charge in [0.25, 0.3) is 0 Å². The van der Waals surface area contributed by atoms with Crippen LogP contribution in [0, 0.1) is 6.92 Å². The molecule has 174 valence electrons. The van der Waals surface area contributed by atoms with Crippen LogP contribution < -0.4 is 15.8 Å². The van der Waals surface area contributed by atoms with Crippen molar-refractivity contribution in [3.8, 4) is 28.3 Å². The fourth-order valence-corrected chi connectivity index (χ4v) is 4.39. The number of hydrogen-bond donors (Lipinski definition) is 2. The molecule has 0 unspecified atom stereocenters. The molecule has 0 atom stereocenters. The number of anilines is 2. The van der Waals surface area contributed by atoms with E-state index in [2.05, 4.69) is 32.2 Å². The molecule has 2 aromatic carbocycles. The molecule has 0 radical (unpaired) electrons. The topological polar surface area (TPSA) is 98.8 Å². The van der Waals surface area contributed by atoms with Crippen molar-refractivity contribution >= 4 is 34.1 Å². The molecule has 0 aliphatic heterocycles. The third-order valence-electron chi connectivity index (χ3n) is 5.89. The molecular formula is C27H23ClN6O. The number of rotatable bonds is 6. The molecule has 8 heteroatoms. The van der Waals surface area contributed by atoms with Crippen LogP contribution in [0.2, 0.25) is 5.02 Å². The van der Waals surface area contributed by atoms with E-state index in [4.69, 9.17) is 22.1 Å². The van der Waals surface area contributed by atoms with E-state index >= 15 is 0 Å². The Kier molecular flexibility index (Phi) is 6.27. The lowest BCUT2D eigenvalue weighted by Gasteiger charge is -2.16. The summed E-state index contributed by atoms with van der Waals surface area (Å²) in [5.74, 6) is 1.14. The van der Waals surface area contributed by atoms with Crippen molar-refractivity contribution in [1.82, 2.24) is 19.9 Å². The van der Waals surface area contributed by atoms with E-state index in [1.807, 2.05) is 54.6 Å². The summed E-state index contributed by atoms with van der Waals surface area (Å²) in [7, 11) is 1.58. The van der Waals surface area contributed by atoms with E-state index in [0.29, 0.717) is 28.8 Å². The maximum absolute atomic E-state index is 6.95. The largest absolute Gasteiger partial charge is 0.481 e. The van der Waals surface area contributed by atoms with E-state index in [1.54, 1.807) is 25.7 Å². The monoisotopic (exact) mass is 482 g/mol. The number of nitrogens with one attached hydrogen (secondary N) is 1. The molecule has 3 N–H and O–H groups in total. The fraction of sp³-hybridized carbons (Fsp3) is 0.111. The number of pyridine rings is 2. The van der Waals surface area contributed by atoms with Gasteiger partial charge in [-0.25, -0.2) is 15.0 Å². The Hall–Kier alpha value is -4.07. The van der Waals surface area contributed by atoms with Gasteiger partial charge in [-0.15, -0.1) is 0 Å². The molecule has 35 heavy (non-hydrogen) atoms. The lowest BCUT2D eigenvalue weighted by Crippen LogP contribution is -2.02. The first-order chi connectivity index (χ1) is 17.1. The van der Waals surface area contributed by atoms with Crippen LogP contribution in [0.25, 0.3) is 33.4 Å². The maximum Gasteiger partial charge on any atom is 0.218 e. The van der Waals surface area contributed by atoms with Gasteiger partial charge in [0.1, 0.15) is 5.52 Å². The first-order valence-corrected chi connectivity index (χ1v) is 11.4. The van der Waals surface area contributed by atoms with Gasteiger partial charge in [-0.3, -0.25) is 4.98 Å². The lowest BCUT2D eigenvalue weighted by atomic mass is 9.96. The van der Waals surface area contributed by atoms with Gasteiger partial charge in [0.15, 0.2) is 5.82 Å². The summed E-state index contributed by atoms with van der Waals surface area (Å²) in [4.78, 5) is 17.9. The van der Waals surface area contributed by atoms with E-state index in [9.17, 15) is 0 Å². The minimum Gasteiger partial charge on any atom is -0.481 e. The molecular weight excluding hydrogens is 460 g/mol. The second-order valence-electron chi connectivity index (χ2n) is 7.92. The van der Waals surface area contributed by atoms with Crippen molar-refractivity contribution in [2.45, 2.75) is 13.5 Å². The van der Waals surface area contributed by atoms with Crippen molar-refractivity contribution < 1.29 is 4.74 Å². The minimum absolute atomic E-state index is 0.348. The van der Waals surface area contributed by atoms with Gasteiger partial charge in [0.2, 0.25) is 5.88 Å². The summed E-state index contributed by atoms with van der Waals surface area (Å²) >= 11 is 6.95. The zero-order valence-electron chi connectivity index (χ0n) is 19.3. The van der Waals surface area contributed by atoms with Crippen LogP contribution in [0.15, 0.2) is 73.2 Å². The Morgan fingerprint density at radius 2 is 1.66 bits per heavy atom. The zero-order valence-corrected chi connectivity index (χ0v) is 20.0. The number of hydrogen-bond acceptors (Lipinski definition) is 7. The zero-order chi connectivity index (χ0) is 24.4. The Morgan fingerprint density at radius 3 is 2.49 bits per heavy atom. The van der Waals surface area contributed by atoms with Crippen LogP contribution in [0.5, 0.6) is 5.88 Å². The molecule has 0 amide bonds. The van der Waals surface area contributed by atoms with Crippen molar-refractivity contribution in [2.24, 2.45) is 5.73 Å². The van der Waals surface area contributed by atoms with Gasteiger partial charge in [0.05, 0.1) is 23.3 Å². The minimum atomic E-state index is 0.348. The summed E-state index contributed by atoms with van der Waals surface area (Å²) in [6.07, 6.45) is 5.05. The number of nitrogens with zero attached hydrogens (tertiary/aromatic N) is 4. The van der Waals surface area contributed by atoms with E-state index < -0.39 is 0 Å². The summed E-state index contributed by atoms with van der Waals surface area (Å²) in [6.45, 7) is 2.40.